The molecule has 0 heterocycles. The molecule has 0 bridgehead atoms. The molecule has 0 saturated heterocycles. The van der Waals surface area contributed by atoms with Crippen molar-refractivity contribution in [2.45, 2.75) is 6.92 Å². The van der Waals surface area contributed by atoms with Crippen molar-refractivity contribution in [1.29, 1.82) is 0 Å². The van der Waals surface area contributed by atoms with Gasteiger partial charge in [0.05, 0.1) is 12.4 Å². The van der Waals surface area contributed by atoms with Gasteiger partial charge in [-0.25, -0.2) is 8.42 Å². The number of likely N-dealkylation sites (N-methyl/N-ethyl adjacent to an activating group) is 1. The summed E-state index contributed by atoms with van der Waals surface area (Å²) >= 11 is 0. The first kappa shape index (κ1) is 12.3. The number of carboxylic acids is 1. The fraction of sp³-hybridized carbons (Fsp3) is 0.833. The third-order valence-electron chi connectivity index (χ3n) is 1.41. The average Bonchev–Trinajstić information content (AvgIpc) is 1.99. The summed E-state index contributed by atoms with van der Waals surface area (Å²) in [6, 6.07) is 0. The zero-order chi connectivity index (χ0) is 10.5. The molecular formula is C6H13NO5S. The predicted octanol–water partition coefficient (Wildman–Crippen LogP) is -1.28. The minimum absolute atomic E-state index is 0.0919. The molecule has 2 N–H and O–H groups in total. The molecule has 13 heavy (non-hydrogen) atoms. The molecule has 0 amide bonds. The third kappa shape index (κ3) is 4.20. The number of hydrogen-bond acceptors (Lipinski definition) is 4. The van der Waals surface area contributed by atoms with E-state index in [0.29, 0.717) is 0 Å². The van der Waals surface area contributed by atoms with Gasteiger partial charge in [-0.15, -0.1) is 0 Å². The molecule has 0 aliphatic heterocycles. The highest BCUT2D eigenvalue weighted by Gasteiger charge is 2.21. The summed E-state index contributed by atoms with van der Waals surface area (Å²) in [7, 11) is -3.62. The molecule has 0 spiro atoms. The Balaban J connectivity index is 4.47. The van der Waals surface area contributed by atoms with Crippen molar-refractivity contribution in [2.24, 2.45) is 0 Å². The van der Waals surface area contributed by atoms with Crippen molar-refractivity contribution in [3.8, 4) is 0 Å². The lowest BCUT2D eigenvalue weighted by Gasteiger charge is -2.17. The Labute approximate surface area is 76.8 Å². The van der Waals surface area contributed by atoms with Crippen molar-refractivity contribution in [3.63, 3.8) is 0 Å². The van der Waals surface area contributed by atoms with Gasteiger partial charge in [-0.3, -0.25) is 4.79 Å². The summed E-state index contributed by atoms with van der Waals surface area (Å²) in [6.07, 6.45) is 0. The van der Waals surface area contributed by atoms with E-state index in [1.807, 2.05) is 0 Å². The Morgan fingerprint density at radius 2 is 2.00 bits per heavy atom. The van der Waals surface area contributed by atoms with Crippen LogP contribution in [0.5, 0.6) is 0 Å². The van der Waals surface area contributed by atoms with Gasteiger partial charge in [-0.2, -0.15) is 4.31 Å². The first-order chi connectivity index (χ1) is 5.94. The fourth-order valence-corrected chi connectivity index (χ4v) is 1.99. The van der Waals surface area contributed by atoms with E-state index >= 15 is 0 Å². The Hall–Kier alpha value is -0.660. The minimum Gasteiger partial charge on any atom is -0.480 e. The van der Waals surface area contributed by atoms with Crippen LogP contribution >= 0.6 is 0 Å². The summed E-state index contributed by atoms with van der Waals surface area (Å²) in [6.45, 7) is 0.573. The maximum absolute atomic E-state index is 11.2. The van der Waals surface area contributed by atoms with Crippen molar-refractivity contribution in [2.75, 3.05) is 25.4 Å². The topological polar surface area (TPSA) is 94.9 Å². The van der Waals surface area contributed by atoms with E-state index in [-0.39, 0.29) is 6.54 Å². The van der Waals surface area contributed by atoms with Gasteiger partial charge in [0.25, 0.3) is 0 Å². The summed E-state index contributed by atoms with van der Waals surface area (Å²) in [4.78, 5) is 10.3. The molecule has 0 unspecified atom stereocenters. The van der Waals surface area contributed by atoms with E-state index in [1.165, 1.54) is 6.92 Å². The fourth-order valence-electron chi connectivity index (χ4n) is 0.802. The van der Waals surface area contributed by atoms with Crippen molar-refractivity contribution >= 4 is 16.0 Å². The summed E-state index contributed by atoms with van der Waals surface area (Å²) < 4.78 is 23.2. The molecule has 0 aliphatic carbocycles. The van der Waals surface area contributed by atoms with Crippen molar-refractivity contribution < 1.29 is 23.4 Å². The van der Waals surface area contributed by atoms with E-state index in [4.69, 9.17) is 10.2 Å². The van der Waals surface area contributed by atoms with Crippen LogP contribution in [0, 0.1) is 0 Å². The average molecular weight is 211 g/mol. The van der Waals surface area contributed by atoms with Crippen LogP contribution in [0.3, 0.4) is 0 Å². The maximum Gasteiger partial charge on any atom is 0.318 e. The number of aliphatic hydroxyl groups is 1. The molecule has 0 aliphatic rings. The first-order valence-corrected chi connectivity index (χ1v) is 5.35. The van der Waals surface area contributed by atoms with Gasteiger partial charge in [0.15, 0.2) is 0 Å². The highest BCUT2D eigenvalue weighted by molar-refractivity contribution is 7.89. The molecule has 0 fully saturated rings. The molecule has 6 nitrogen and oxygen atoms in total. The normalized spacial score (nSPS) is 11.9. The second-order valence-electron chi connectivity index (χ2n) is 2.36. The molecule has 0 aromatic heterocycles. The third-order valence-corrected chi connectivity index (χ3v) is 3.28. The van der Waals surface area contributed by atoms with Gasteiger partial charge in [0.1, 0.15) is 6.54 Å². The summed E-state index contributed by atoms with van der Waals surface area (Å²) in [5.74, 6) is -1.64. The quantitative estimate of drug-likeness (QED) is 0.570. The lowest BCUT2D eigenvalue weighted by atomic mass is 10.6. The van der Waals surface area contributed by atoms with Crippen molar-refractivity contribution in [1.82, 2.24) is 4.31 Å². The molecule has 0 atom stereocenters. The Kier molecular flexibility index (Phi) is 4.89. The van der Waals surface area contributed by atoms with Crippen LogP contribution in [0.4, 0.5) is 0 Å². The van der Waals surface area contributed by atoms with E-state index in [1.54, 1.807) is 0 Å². The molecular weight excluding hydrogens is 198 g/mol. The van der Waals surface area contributed by atoms with E-state index in [0.717, 1.165) is 4.31 Å². The van der Waals surface area contributed by atoms with Crippen LogP contribution in [0.15, 0.2) is 0 Å². The largest absolute Gasteiger partial charge is 0.480 e. The van der Waals surface area contributed by atoms with E-state index < -0.39 is 34.9 Å². The second kappa shape index (κ2) is 5.15. The number of rotatable bonds is 6. The SMILES string of the molecule is CCN(CC(=O)O)S(=O)(=O)CCO. The maximum atomic E-state index is 11.2. The second-order valence-corrected chi connectivity index (χ2v) is 4.45. The molecule has 0 aromatic rings. The van der Waals surface area contributed by atoms with Crippen LogP contribution in [0.2, 0.25) is 0 Å². The lowest BCUT2D eigenvalue weighted by Crippen LogP contribution is -2.37. The number of aliphatic hydroxyl groups excluding tert-OH is 1. The van der Waals surface area contributed by atoms with E-state index in [9.17, 15) is 13.2 Å². The number of hydrogen-bond donors (Lipinski definition) is 2. The number of carbonyl (C=O) groups is 1. The number of nitrogens with zero attached hydrogens (tertiary/aromatic N) is 1. The smallest absolute Gasteiger partial charge is 0.318 e. The predicted molar refractivity (Wildman–Crippen MR) is 45.8 cm³/mol. The zero-order valence-electron chi connectivity index (χ0n) is 7.30. The highest BCUT2D eigenvalue weighted by atomic mass is 32.2. The summed E-state index contributed by atoms with van der Waals surface area (Å²) in [5.41, 5.74) is 0. The number of carboxylic acid groups (broad SMARTS) is 1. The van der Waals surface area contributed by atoms with Crippen LogP contribution in [0.25, 0.3) is 0 Å². The van der Waals surface area contributed by atoms with Gasteiger partial charge < -0.3 is 10.2 Å². The Morgan fingerprint density at radius 1 is 1.46 bits per heavy atom. The lowest BCUT2D eigenvalue weighted by molar-refractivity contribution is -0.137. The van der Waals surface area contributed by atoms with Gasteiger partial charge in [-0.05, 0) is 0 Å². The molecule has 0 aromatic carbocycles. The Morgan fingerprint density at radius 3 is 2.31 bits per heavy atom. The standard InChI is InChI=1S/C6H13NO5S/c1-2-7(5-6(9)10)13(11,12)4-3-8/h8H,2-5H2,1H3,(H,9,10). The van der Waals surface area contributed by atoms with Crippen molar-refractivity contribution in [3.05, 3.63) is 0 Å². The van der Waals surface area contributed by atoms with Gasteiger partial charge in [0, 0.05) is 6.54 Å². The highest BCUT2D eigenvalue weighted by Crippen LogP contribution is 1.99. The monoisotopic (exact) mass is 211 g/mol. The van der Waals surface area contributed by atoms with Crippen LogP contribution in [-0.4, -0.2) is 54.4 Å². The van der Waals surface area contributed by atoms with Crippen LogP contribution < -0.4 is 0 Å². The first-order valence-electron chi connectivity index (χ1n) is 3.74. The Bertz CT molecular complexity index is 260. The van der Waals surface area contributed by atoms with Gasteiger partial charge in [0.2, 0.25) is 10.0 Å². The minimum atomic E-state index is -3.62. The molecule has 0 rings (SSSR count). The number of sulfonamides is 1. The van der Waals surface area contributed by atoms with Crippen LogP contribution in [-0.2, 0) is 14.8 Å². The summed E-state index contributed by atoms with van der Waals surface area (Å²) in [5, 5.41) is 16.8. The number of aliphatic carboxylic acids is 1. The van der Waals surface area contributed by atoms with Gasteiger partial charge >= 0.3 is 5.97 Å². The van der Waals surface area contributed by atoms with E-state index in [2.05, 4.69) is 0 Å². The molecule has 7 heteroatoms. The molecule has 0 saturated carbocycles. The molecule has 0 radical (unpaired) electrons. The molecule has 78 valence electrons. The van der Waals surface area contributed by atoms with Crippen LogP contribution in [0.1, 0.15) is 6.92 Å². The zero-order valence-corrected chi connectivity index (χ0v) is 8.12. The van der Waals surface area contributed by atoms with Gasteiger partial charge in [-0.1, -0.05) is 6.92 Å².